The molecule has 3 aliphatic rings. The van der Waals surface area contributed by atoms with Crippen LogP contribution in [-0.4, -0.2) is 59.0 Å². The molecule has 3 atom stereocenters. The first-order chi connectivity index (χ1) is 11.6. The molecule has 1 saturated carbocycles. The van der Waals surface area contributed by atoms with E-state index in [0.29, 0.717) is 24.4 Å². The van der Waals surface area contributed by atoms with E-state index in [4.69, 9.17) is 5.11 Å². The first-order valence-corrected chi connectivity index (χ1v) is 9.87. The minimum absolute atomic E-state index is 0.252. The number of amides is 1. The number of rotatable bonds is 5. The highest BCUT2D eigenvalue weighted by molar-refractivity contribution is 5.78. The number of carbonyl (C=O) groups is 2. The summed E-state index contributed by atoms with van der Waals surface area (Å²) >= 11 is 0. The van der Waals surface area contributed by atoms with Crippen LogP contribution < -0.4 is 0 Å². The van der Waals surface area contributed by atoms with Crippen LogP contribution in [-0.2, 0) is 9.59 Å². The van der Waals surface area contributed by atoms with Gasteiger partial charge in [-0.2, -0.15) is 0 Å². The Bertz CT molecular complexity index is 452. The van der Waals surface area contributed by atoms with Crippen LogP contribution in [0.15, 0.2) is 0 Å². The van der Waals surface area contributed by atoms with Gasteiger partial charge in [-0.15, -0.1) is 0 Å². The zero-order chi connectivity index (χ0) is 16.9. The molecular weight excluding hydrogens is 304 g/mol. The van der Waals surface area contributed by atoms with E-state index in [9.17, 15) is 9.59 Å². The molecule has 2 aliphatic heterocycles. The Hall–Kier alpha value is -1.10. The fraction of sp³-hybridized carbons (Fsp3) is 0.895. The maximum atomic E-state index is 12.9. The molecule has 0 aromatic rings. The molecule has 0 radical (unpaired) electrons. The third-order valence-corrected chi connectivity index (χ3v) is 6.29. The lowest BCUT2D eigenvalue weighted by molar-refractivity contribution is -0.140. The molecule has 3 rings (SSSR count). The van der Waals surface area contributed by atoms with Crippen molar-refractivity contribution in [1.29, 1.82) is 0 Å². The summed E-state index contributed by atoms with van der Waals surface area (Å²) in [6, 6.07) is 0.493. The Morgan fingerprint density at radius 2 is 1.71 bits per heavy atom. The lowest BCUT2D eigenvalue weighted by atomic mass is 9.78. The van der Waals surface area contributed by atoms with Gasteiger partial charge in [0.25, 0.3) is 0 Å². The number of hydrogen-bond donors (Lipinski definition) is 1. The van der Waals surface area contributed by atoms with Gasteiger partial charge in [0.1, 0.15) is 0 Å². The van der Waals surface area contributed by atoms with Crippen LogP contribution in [0.2, 0.25) is 0 Å². The summed E-state index contributed by atoms with van der Waals surface area (Å²) in [5.41, 5.74) is 0. The predicted octanol–water partition coefficient (Wildman–Crippen LogP) is 2.74. The number of aliphatic carboxylic acids is 1. The van der Waals surface area contributed by atoms with Crippen molar-refractivity contribution >= 4 is 11.9 Å². The molecule has 1 amide bonds. The molecular formula is C19H32N2O3. The van der Waals surface area contributed by atoms with Crippen molar-refractivity contribution in [3.8, 4) is 0 Å². The summed E-state index contributed by atoms with van der Waals surface area (Å²) in [7, 11) is 0. The van der Waals surface area contributed by atoms with E-state index in [-0.39, 0.29) is 6.42 Å². The fourth-order valence-corrected chi connectivity index (χ4v) is 5.07. The van der Waals surface area contributed by atoms with E-state index in [1.165, 1.54) is 32.1 Å². The van der Waals surface area contributed by atoms with Crippen molar-refractivity contribution in [1.82, 2.24) is 9.80 Å². The Labute approximate surface area is 145 Å². The van der Waals surface area contributed by atoms with Crippen LogP contribution in [0.25, 0.3) is 0 Å². The van der Waals surface area contributed by atoms with Gasteiger partial charge in [0, 0.05) is 25.6 Å². The van der Waals surface area contributed by atoms with Gasteiger partial charge < -0.3 is 10.0 Å². The van der Waals surface area contributed by atoms with Crippen molar-refractivity contribution in [2.45, 2.75) is 70.3 Å². The number of carbonyl (C=O) groups excluding carboxylic acids is 1. The molecule has 0 aromatic carbocycles. The second kappa shape index (κ2) is 8.32. The van der Waals surface area contributed by atoms with Crippen LogP contribution in [0.5, 0.6) is 0 Å². The first kappa shape index (κ1) is 17.7. The number of likely N-dealkylation sites (tertiary alicyclic amines) is 2. The van der Waals surface area contributed by atoms with E-state index >= 15 is 0 Å². The highest BCUT2D eigenvalue weighted by Gasteiger charge is 2.36. The molecule has 3 fully saturated rings. The van der Waals surface area contributed by atoms with Crippen molar-refractivity contribution in [3.63, 3.8) is 0 Å². The SMILES string of the molecule is O=C(O)CCC1CCCN(CC(=O)N2CCCC3CCCCC32)C1. The Kier molecular flexibility index (Phi) is 6.14. The number of fused-ring (bicyclic) bond motifs is 1. The van der Waals surface area contributed by atoms with Gasteiger partial charge in [-0.3, -0.25) is 14.5 Å². The van der Waals surface area contributed by atoms with Gasteiger partial charge in [-0.25, -0.2) is 0 Å². The molecule has 5 nitrogen and oxygen atoms in total. The Morgan fingerprint density at radius 3 is 2.54 bits per heavy atom. The average Bonchev–Trinajstić information content (AvgIpc) is 2.60. The summed E-state index contributed by atoms with van der Waals surface area (Å²) in [6.45, 7) is 3.35. The zero-order valence-electron chi connectivity index (χ0n) is 14.8. The molecule has 1 aliphatic carbocycles. The van der Waals surface area contributed by atoms with Gasteiger partial charge in [0.15, 0.2) is 0 Å². The van der Waals surface area contributed by atoms with Crippen LogP contribution in [0.4, 0.5) is 0 Å². The van der Waals surface area contributed by atoms with Gasteiger partial charge in [-0.1, -0.05) is 12.8 Å². The molecule has 136 valence electrons. The number of piperidine rings is 2. The summed E-state index contributed by atoms with van der Waals surface area (Å²) in [5, 5.41) is 8.86. The fourth-order valence-electron chi connectivity index (χ4n) is 5.07. The van der Waals surface area contributed by atoms with Gasteiger partial charge in [0.05, 0.1) is 6.54 Å². The minimum atomic E-state index is -0.708. The predicted molar refractivity (Wildman–Crippen MR) is 92.7 cm³/mol. The van der Waals surface area contributed by atoms with Gasteiger partial charge >= 0.3 is 5.97 Å². The van der Waals surface area contributed by atoms with E-state index < -0.39 is 5.97 Å². The maximum absolute atomic E-state index is 12.9. The molecule has 24 heavy (non-hydrogen) atoms. The van der Waals surface area contributed by atoms with Gasteiger partial charge in [0.2, 0.25) is 5.91 Å². The maximum Gasteiger partial charge on any atom is 0.303 e. The molecule has 2 heterocycles. The van der Waals surface area contributed by atoms with Crippen molar-refractivity contribution in [2.75, 3.05) is 26.2 Å². The topological polar surface area (TPSA) is 60.9 Å². The lowest BCUT2D eigenvalue weighted by Gasteiger charge is -2.45. The smallest absolute Gasteiger partial charge is 0.303 e. The highest BCUT2D eigenvalue weighted by atomic mass is 16.4. The second-order valence-electron chi connectivity index (χ2n) is 8.02. The summed E-state index contributed by atoms with van der Waals surface area (Å²) in [5.74, 6) is 0.776. The van der Waals surface area contributed by atoms with Crippen LogP contribution in [0.3, 0.4) is 0 Å². The standard InChI is InChI=1S/C19H32N2O3/c22-18(21-12-4-7-16-6-1-2-8-17(16)21)14-20-11-3-5-15(13-20)9-10-19(23)24/h15-17H,1-14H2,(H,23,24). The van der Waals surface area contributed by atoms with E-state index in [0.717, 1.165) is 51.2 Å². The average molecular weight is 336 g/mol. The number of hydrogen-bond acceptors (Lipinski definition) is 3. The Balaban J connectivity index is 1.51. The molecule has 0 aromatic heterocycles. The largest absolute Gasteiger partial charge is 0.481 e. The molecule has 2 saturated heterocycles. The van der Waals surface area contributed by atoms with E-state index in [2.05, 4.69) is 9.80 Å². The van der Waals surface area contributed by atoms with E-state index in [1.54, 1.807) is 0 Å². The molecule has 1 N–H and O–H groups in total. The van der Waals surface area contributed by atoms with Gasteiger partial charge in [-0.05, 0) is 63.3 Å². The molecule has 3 unspecified atom stereocenters. The third-order valence-electron chi connectivity index (χ3n) is 6.29. The number of nitrogens with zero attached hydrogens (tertiary/aromatic N) is 2. The monoisotopic (exact) mass is 336 g/mol. The lowest BCUT2D eigenvalue weighted by Crippen LogP contribution is -2.53. The highest BCUT2D eigenvalue weighted by Crippen LogP contribution is 2.35. The quantitative estimate of drug-likeness (QED) is 0.838. The van der Waals surface area contributed by atoms with Crippen molar-refractivity contribution in [2.24, 2.45) is 11.8 Å². The number of carboxylic acid groups (broad SMARTS) is 1. The van der Waals surface area contributed by atoms with Crippen molar-refractivity contribution < 1.29 is 14.7 Å². The van der Waals surface area contributed by atoms with Crippen LogP contribution >= 0.6 is 0 Å². The zero-order valence-corrected chi connectivity index (χ0v) is 14.8. The molecule has 0 bridgehead atoms. The molecule has 5 heteroatoms. The third kappa shape index (κ3) is 4.50. The second-order valence-corrected chi connectivity index (χ2v) is 8.02. The Morgan fingerprint density at radius 1 is 0.958 bits per heavy atom. The molecule has 0 spiro atoms. The van der Waals surface area contributed by atoms with Crippen molar-refractivity contribution in [3.05, 3.63) is 0 Å². The van der Waals surface area contributed by atoms with Crippen LogP contribution in [0.1, 0.15) is 64.2 Å². The summed E-state index contributed by atoms with van der Waals surface area (Å²) in [4.78, 5) is 28.1. The van der Waals surface area contributed by atoms with Crippen LogP contribution in [0, 0.1) is 11.8 Å². The minimum Gasteiger partial charge on any atom is -0.481 e. The van der Waals surface area contributed by atoms with E-state index in [1.807, 2.05) is 0 Å². The summed E-state index contributed by atoms with van der Waals surface area (Å²) < 4.78 is 0. The number of carboxylic acids is 1. The first-order valence-electron chi connectivity index (χ1n) is 9.87. The normalized spacial score (nSPS) is 31.5. The summed E-state index contributed by atoms with van der Waals surface area (Å²) in [6.07, 6.45) is 10.7.